The van der Waals surface area contributed by atoms with E-state index in [9.17, 15) is 39.3 Å². The number of esters is 1. The number of hydrogen-bond acceptors (Lipinski definition) is 13. The number of carbonyl (C=O) groups excluding carboxylic acids is 5. The van der Waals surface area contributed by atoms with E-state index in [1.54, 1.807) is 12.4 Å². The minimum absolute atomic E-state index is 0.0622. The molecule has 2 aromatic heterocycles. The van der Waals surface area contributed by atoms with Gasteiger partial charge in [0, 0.05) is 56.8 Å². The van der Waals surface area contributed by atoms with Crippen molar-refractivity contribution in [1.29, 1.82) is 0 Å². The number of ether oxygens (including phenoxy) is 1. The number of aliphatic hydroxyl groups excluding tert-OH is 3. The van der Waals surface area contributed by atoms with Gasteiger partial charge in [-0.1, -0.05) is 48.5 Å². The summed E-state index contributed by atoms with van der Waals surface area (Å²) >= 11 is 0. The smallest absolute Gasteiger partial charge is 0.303 e. The summed E-state index contributed by atoms with van der Waals surface area (Å²) in [5, 5.41) is 29.3. The minimum atomic E-state index is -1.18. The molecule has 6 atom stereocenters. The Hall–Kier alpha value is -5.51. The molecule has 4 aromatic rings. The topological polar surface area (TPSA) is 214 Å². The summed E-state index contributed by atoms with van der Waals surface area (Å²) in [6.07, 6.45) is 4.33. The van der Waals surface area contributed by atoms with Gasteiger partial charge in [0.15, 0.2) is 42.0 Å². The summed E-state index contributed by atoms with van der Waals surface area (Å²) in [4.78, 5) is 71.3. The van der Waals surface area contributed by atoms with Crippen LogP contribution in [0.15, 0.2) is 82.5 Å². The van der Waals surface area contributed by atoms with Crippen molar-refractivity contribution in [2.75, 3.05) is 13.1 Å². The standard InChI is InChI=1S/C21H24N2O6.C19H22N2O5/c1-13(29-14(2)24)21(27)23-11-17(25)9-18(23)19(26)8-5-15-3-6-16(7-4-15)20-10-22-12-28-20;1-12(22)19(25)21-10-15(23)8-16(21)17(24)7-4-13-2-5-14(6-3-13)18-9-20-11-26-18/h3-4,6-7,10,12-13,17-18,25H,5,8-9,11H2,1-2H3;2-3,5-6,9,11-12,15-16,22-23H,4,7-8,10H2,1H3/t13-,17+,18-;12-,15+,16-/m00/s1. The first-order chi connectivity index (χ1) is 26.3. The van der Waals surface area contributed by atoms with Crippen molar-refractivity contribution in [1.82, 2.24) is 19.8 Å². The first-order valence-corrected chi connectivity index (χ1v) is 18.1. The number of β-amino-alcohol motifs (C(OH)–C–C–N with tert-alkyl or cyclic N) is 2. The fourth-order valence-electron chi connectivity index (χ4n) is 6.75. The summed E-state index contributed by atoms with van der Waals surface area (Å²) in [5.74, 6) is -0.423. The Morgan fingerprint density at radius 1 is 0.727 bits per heavy atom. The van der Waals surface area contributed by atoms with E-state index >= 15 is 0 Å². The second-order valence-electron chi connectivity index (χ2n) is 13.8. The number of aromatic nitrogens is 2. The number of likely N-dealkylation sites (tertiary alicyclic amines) is 2. The third-order valence-corrected chi connectivity index (χ3v) is 9.58. The zero-order valence-electron chi connectivity index (χ0n) is 30.9. The van der Waals surface area contributed by atoms with Crippen molar-refractivity contribution in [2.45, 2.75) is 95.8 Å². The molecule has 4 heterocycles. The molecule has 292 valence electrons. The number of rotatable bonds is 13. The molecule has 0 saturated carbocycles. The quantitative estimate of drug-likeness (QED) is 0.168. The molecule has 0 bridgehead atoms. The van der Waals surface area contributed by atoms with Crippen LogP contribution in [-0.4, -0.2) is 114 Å². The van der Waals surface area contributed by atoms with E-state index in [4.69, 9.17) is 13.6 Å². The highest BCUT2D eigenvalue weighted by atomic mass is 16.5. The molecule has 2 aliphatic rings. The normalized spacial score (nSPS) is 20.3. The Bertz CT molecular complexity index is 1890. The number of oxazole rings is 2. The van der Waals surface area contributed by atoms with E-state index < -0.39 is 54.3 Å². The predicted octanol–water partition coefficient (Wildman–Crippen LogP) is 2.94. The first kappa shape index (κ1) is 40.7. The highest BCUT2D eigenvalue weighted by Crippen LogP contribution is 2.25. The second-order valence-corrected chi connectivity index (χ2v) is 13.8. The van der Waals surface area contributed by atoms with Crippen molar-refractivity contribution >= 4 is 29.4 Å². The maximum Gasteiger partial charge on any atom is 0.303 e. The van der Waals surface area contributed by atoms with E-state index in [1.165, 1.54) is 43.4 Å². The van der Waals surface area contributed by atoms with Gasteiger partial charge in [-0.2, -0.15) is 0 Å². The Kier molecular flexibility index (Phi) is 13.8. The number of aryl methyl sites for hydroxylation is 2. The molecule has 15 heteroatoms. The molecule has 15 nitrogen and oxygen atoms in total. The number of Topliss-reactive ketones (excluding diaryl/α,β-unsaturated/α-hetero) is 2. The van der Waals surface area contributed by atoms with Crippen LogP contribution in [0, 0.1) is 0 Å². The van der Waals surface area contributed by atoms with Crippen LogP contribution >= 0.6 is 0 Å². The number of benzene rings is 2. The van der Waals surface area contributed by atoms with Gasteiger partial charge in [-0.25, -0.2) is 9.97 Å². The van der Waals surface area contributed by atoms with Crippen LogP contribution in [-0.2, 0) is 41.6 Å². The SMILES string of the molecule is CC(=O)O[C@@H](C)C(=O)N1C[C@H](O)C[C@H]1C(=O)CCc1ccc(-c2cnco2)cc1.C[C@H](O)C(=O)N1C[C@H](O)C[C@H]1C(=O)CCc1ccc(-c2cnco2)cc1. The summed E-state index contributed by atoms with van der Waals surface area (Å²) < 4.78 is 15.4. The van der Waals surface area contributed by atoms with Gasteiger partial charge in [-0.15, -0.1) is 0 Å². The molecule has 2 aliphatic heterocycles. The summed E-state index contributed by atoms with van der Waals surface area (Å²) in [6.45, 7) is 4.20. The van der Waals surface area contributed by atoms with Gasteiger partial charge in [0.2, 0.25) is 0 Å². The molecule has 0 aliphatic carbocycles. The van der Waals surface area contributed by atoms with Crippen LogP contribution in [0.25, 0.3) is 22.6 Å². The molecule has 55 heavy (non-hydrogen) atoms. The Labute approximate surface area is 317 Å². The van der Waals surface area contributed by atoms with Gasteiger partial charge in [0.25, 0.3) is 11.8 Å². The molecule has 2 aromatic carbocycles. The molecular weight excluding hydrogens is 712 g/mol. The van der Waals surface area contributed by atoms with Crippen molar-refractivity contribution < 1.29 is 52.9 Å². The van der Waals surface area contributed by atoms with E-state index in [0.29, 0.717) is 24.4 Å². The van der Waals surface area contributed by atoms with Gasteiger partial charge in [0.1, 0.15) is 6.10 Å². The van der Waals surface area contributed by atoms with Gasteiger partial charge < -0.3 is 38.7 Å². The van der Waals surface area contributed by atoms with E-state index in [1.807, 2.05) is 48.5 Å². The van der Waals surface area contributed by atoms with E-state index in [-0.39, 0.29) is 50.3 Å². The third kappa shape index (κ3) is 10.8. The van der Waals surface area contributed by atoms with Crippen LogP contribution in [0.4, 0.5) is 0 Å². The average Bonchev–Trinajstić information content (AvgIpc) is 4.01. The largest absolute Gasteiger partial charge is 0.453 e. The Balaban J connectivity index is 0.000000212. The van der Waals surface area contributed by atoms with Crippen LogP contribution in [0.1, 0.15) is 57.6 Å². The number of aliphatic hydroxyl groups is 3. The molecule has 3 N–H and O–H groups in total. The molecule has 2 amide bonds. The lowest BCUT2D eigenvalue weighted by Gasteiger charge is -2.26. The van der Waals surface area contributed by atoms with Crippen LogP contribution in [0.3, 0.4) is 0 Å². The molecule has 0 spiro atoms. The first-order valence-electron chi connectivity index (χ1n) is 18.1. The predicted molar refractivity (Wildman–Crippen MR) is 196 cm³/mol. The molecule has 2 fully saturated rings. The third-order valence-electron chi connectivity index (χ3n) is 9.58. The zero-order chi connectivity index (χ0) is 39.6. The Morgan fingerprint density at radius 3 is 1.51 bits per heavy atom. The van der Waals surface area contributed by atoms with Gasteiger partial charge in [-0.05, 0) is 37.8 Å². The van der Waals surface area contributed by atoms with Gasteiger partial charge >= 0.3 is 5.97 Å². The maximum atomic E-state index is 12.7. The van der Waals surface area contributed by atoms with Crippen LogP contribution in [0.2, 0.25) is 0 Å². The number of ketones is 2. The summed E-state index contributed by atoms with van der Waals surface area (Å²) in [7, 11) is 0. The minimum Gasteiger partial charge on any atom is -0.453 e. The number of hydrogen-bond donors (Lipinski definition) is 3. The fraction of sp³-hybridized carbons (Fsp3) is 0.425. The number of nitrogens with zero attached hydrogens (tertiary/aromatic N) is 4. The molecular formula is C40H46N4O11. The summed E-state index contributed by atoms with van der Waals surface area (Å²) in [5.41, 5.74) is 3.78. The van der Waals surface area contributed by atoms with Gasteiger partial charge in [0.05, 0.1) is 36.7 Å². The van der Waals surface area contributed by atoms with Crippen molar-refractivity contribution in [3.63, 3.8) is 0 Å². The Morgan fingerprint density at radius 2 is 1.15 bits per heavy atom. The molecule has 0 unspecified atom stereocenters. The van der Waals surface area contributed by atoms with Crippen molar-refractivity contribution in [3.8, 4) is 22.6 Å². The van der Waals surface area contributed by atoms with Crippen LogP contribution in [0.5, 0.6) is 0 Å². The lowest BCUT2D eigenvalue weighted by atomic mass is 10.00. The lowest BCUT2D eigenvalue weighted by molar-refractivity contribution is -0.158. The lowest BCUT2D eigenvalue weighted by Crippen LogP contribution is -2.46. The zero-order valence-corrected chi connectivity index (χ0v) is 30.9. The number of amides is 2. The monoisotopic (exact) mass is 758 g/mol. The van der Waals surface area contributed by atoms with Crippen molar-refractivity contribution in [3.05, 3.63) is 84.8 Å². The average molecular weight is 759 g/mol. The molecule has 2 saturated heterocycles. The van der Waals surface area contributed by atoms with Crippen molar-refractivity contribution in [2.24, 2.45) is 0 Å². The summed E-state index contributed by atoms with van der Waals surface area (Å²) in [6, 6.07) is 13.9. The highest BCUT2D eigenvalue weighted by Gasteiger charge is 2.41. The molecule has 0 radical (unpaired) electrons. The second kappa shape index (κ2) is 18.7. The van der Waals surface area contributed by atoms with Gasteiger partial charge in [-0.3, -0.25) is 24.0 Å². The number of carbonyl (C=O) groups is 5. The maximum absolute atomic E-state index is 12.7. The highest BCUT2D eigenvalue weighted by molar-refractivity contribution is 5.92. The fourth-order valence-corrected chi connectivity index (χ4v) is 6.75. The van der Waals surface area contributed by atoms with E-state index in [2.05, 4.69) is 9.97 Å². The molecule has 6 rings (SSSR count). The van der Waals surface area contributed by atoms with Crippen LogP contribution < -0.4 is 0 Å². The van der Waals surface area contributed by atoms with E-state index in [0.717, 1.165) is 22.3 Å².